The molecule has 0 radical (unpaired) electrons. The highest BCUT2D eigenvalue weighted by Crippen LogP contribution is 2.28. The highest BCUT2D eigenvalue weighted by Gasteiger charge is 2.28. The number of nitriles is 1. The van der Waals surface area contributed by atoms with Crippen molar-refractivity contribution < 1.29 is 4.92 Å². The van der Waals surface area contributed by atoms with Crippen LogP contribution in [0.25, 0.3) is 0 Å². The van der Waals surface area contributed by atoms with Crippen LogP contribution in [0.2, 0.25) is 0 Å². The summed E-state index contributed by atoms with van der Waals surface area (Å²) < 4.78 is 0. The monoisotopic (exact) mass is 247 g/mol. The van der Waals surface area contributed by atoms with E-state index >= 15 is 0 Å². The molecule has 0 saturated carbocycles. The van der Waals surface area contributed by atoms with E-state index in [-0.39, 0.29) is 11.3 Å². The van der Waals surface area contributed by atoms with Crippen molar-refractivity contribution in [2.24, 2.45) is 0 Å². The van der Waals surface area contributed by atoms with Gasteiger partial charge in [-0.1, -0.05) is 0 Å². The molecule has 0 bridgehead atoms. The molecule has 1 N–H and O–H groups in total. The summed E-state index contributed by atoms with van der Waals surface area (Å²) in [7, 11) is 1.87. The summed E-state index contributed by atoms with van der Waals surface area (Å²) in [6.45, 7) is 1.42. The van der Waals surface area contributed by atoms with E-state index in [0.717, 1.165) is 13.0 Å². The number of nitro groups is 1. The van der Waals surface area contributed by atoms with E-state index in [1.54, 1.807) is 0 Å². The predicted octanol–water partition coefficient (Wildman–Crippen LogP) is 0.660. The van der Waals surface area contributed by atoms with Gasteiger partial charge in [-0.3, -0.25) is 10.1 Å². The fourth-order valence-corrected chi connectivity index (χ4v) is 2.07. The van der Waals surface area contributed by atoms with Crippen molar-refractivity contribution in [2.75, 3.05) is 25.0 Å². The second kappa shape index (κ2) is 4.98. The molecule has 0 aliphatic carbocycles. The van der Waals surface area contributed by atoms with E-state index in [4.69, 9.17) is 5.26 Å². The molecule has 0 spiro atoms. The Morgan fingerprint density at radius 2 is 2.50 bits per heavy atom. The number of anilines is 1. The van der Waals surface area contributed by atoms with Crippen molar-refractivity contribution in [3.8, 4) is 6.07 Å². The summed E-state index contributed by atoms with van der Waals surface area (Å²) in [5.41, 5.74) is 0.0978. The summed E-state index contributed by atoms with van der Waals surface area (Å²) in [5.74, 6) is 0.344. The molecule has 18 heavy (non-hydrogen) atoms. The Hall–Kier alpha value is -2.20. The van der Waals surface area contributed by atoms with Gasteiger partial charge in [-0.25, -0.2) is 4.98 Å². The second-order valence-corrected chi connectivity index (χ2v) is 4.16. The maximum absolute atomic E-state index is 11.0. The highest BCUT2D eigenvalue weighted by atomic mass is 16.6. The van der Waals surface area contributed by atoms with Crippen LogP contribution in [-0.4, -0.2) is 36.1 Å². The summed E-state index contributed by atoms with van der Waals surface area (Å²) in [4.78, 5) is 16.5. The molecular formula is C11H13N5O2. The van der Waals surface area contributed by atoms with Crippen molar-refractivity contribution in [1.82, 2.24) is 10.3 Å². The van der Waals surface area contributed by atoms with E-state index in [0.29, 0.717) is 18.4 Å². The number of rotatable bonds is 3. The van der Waals surface area contributed by atoms with Gasteiger partial charge in [-0.05, 0) is 13.5 Å². The molecule has 0 amide bonds. The molecular weight excluding hydrogens is 234 g/mol. The Balaban J connectivity index is 2.33. The van der Waals surface area contributed by atoms with Crippen molar-refractivity contribution in [3.63, 3.8) is 0 Å². The number of nitrogens with one attached hydrogen (secondary N) is 1. The topological polar surface area (TPSA) is 95.1 Å². The lowest BCUT2D eigenvalue weighted by atomic mass is 10.2. The van der Waals surface area contributed by atoms with Crippen LogP contribution in [-0.2, 0) is 0 Å². The average molecular weight is 247 g/mol. The first-order valence-electron chi connectivity index (χ1n) is 5.62. The quantitative estimate of drug-likeness (QED) is 0.622. The van der Waals surface area contributed by atoms with Crippen LogP contribution in [0.15, 0.2) is 12.3 Å². The van der Waals surface area contributed by atoms with Crippen molar-refractivity contribution in [3.05, 3.63) is 27.9 Å². The minimum atomic E-state index is -0.490. The first-order chi connectivity index (χ1) is 8.65. The zero-order valence-corrected chi connectivity index (χ0v) is 9.96. The van der Waals surface area contributed by atoms with E-state index in [9.17, 15) is 10.1 Å². The Morgan fingerprint density at radius 3 is 3.06 bits per heavy atom. The first kappa shape index (κ1) is 12.3. The van der Waals surface area contributed by atoms with Crippen molar-refractivity contribution >= 4 is 11.5 Å². The number of hydrogen-bond acceptors (Lipinski definition) is 6. The van der Waals surface area contributed by atoms with Gasteiger partial charge in [0.25, 0.3) is 0 Å². The average Bonchev–Trinajstić information content (AvgIpc) is 2.86. The third kappa shape index (κ3) is 2.24. The van der Waals surface area contributed by atoms with Crippen LogP contribution in [0.4, 0.5) is 11.5 Å². The summed E-state index contributed by atoms with van der Waals surface area (Å²) in [6, 6.07) is 3.46. The molecule has 1 unspecified atom stereocenters. The van der Waals surface area contributed by atoms with E-state index in [1.807, 2.05) is 18.0 Å². The first-order valence-corrected chi connectivity index (χ1v) is 5.62. The third-order valence-corrected chi connectivity index (χ3v) is 3.07. The number of aromatic nitrogens is 1. The normalized spacial score (nSPS) is 18.7. The lowest BCUT2D eigenvalue weighted by Crippen LogP contribution is -2.30. The Morgan fingerprint density at radius 1 is 1.72 bits per heavy atom. The number of pyridine rings is 1. The van der Waals surface area contributed by atoms with Gasteiger partial charge in [0, 0.05) is 31.4 Å². The van der Waals surface area contributed by atoms with Crippen molar-refractivity contribution in [2.45, 2.75) is 12.5 Å². The molecule has 1 fully saturated rings. The lowest BCUT2D eigenvalue weighted by molar-refractivity contribution is -0.384. The SMILES string of the molecule is CNC1CCN(c2ncc(C#N)cc2[N+](=O)[O-])C1. The Bertz CT molecular complexity index is 511. The van der Waals surface area contributed by atoms with Crippen molar-refractivity contribution in [1.29, 1.82) is 5.26 Å². The predicted molar refractivity (Wildman–Crippen MR) is 65.3 cm³/mol. The van der Waals surface area contributed by atoms with E-state index < -0.39 is 4.92 Å². The van der Waals surface area contributed by atoms with Crippen LogP contribution in [0, 0.1) is 21.4 Å². The van der Waals surface area contributed by atoms with E-state index in [1.165, 1.54) is 12.3 Å². The van der Waals surface area contributed by atoms with Crippen LogP contribution in [0.5, 0.6) is 0 Å². The number of hydrogen-bond donors (Lipinski definition) is 1. The molecule has 1 aromatic rings. The van der Waals surface area contributed by atoms with Gasteiger partial charge in [0.15, 0.2) is 0 Å². The molecule has 2 heterocycles. The molecule has 2 rings (SSSR count). The van der Waals surface area contributed by atoms with Crippen LogP contribution in [0.1, 0.15) is 12.0 Å². The number of likely N-dealkylation sites (N-methyl/N-ethyl adjacent to an activating group) is 1. The van der Waals surface area contributed by atoms with E-state index in [2.05, 4.69) is 10.3 Å². The standard InChI is InChI=1S/C11H13N5O2/c1-13-9-2-3-15(7-9)11-10(16(17)18)4-8(5-12)6-14-11/h4,6,9,13H,2-3,7H2,1H3. The molecule has 0 aromatic carbocycles. The largest absolute Gasteiger partial charge is 0.349 e. The fourth-order valence-electron chi connectivity index (χ4n) is 2.07. The molecule has 1 saturated heterocycles. The molecule has 1 aliphatic rings. The van der Waals surface area contributed by atoms with Gasteiger partial charge in [0.2, 0.25) is 5.82 Å². The minimum absolute atomic E-state index is 0.106. The maximum atomic E-state index is 11.0. The van der Waals surface area contributed by atoms with Gasteiger partial charge >= 0.3 is 5.69 Å². The zero-order chi connectivity index (χ0) is 13.1. The summed E-state index contributed by atoms with van der Waals surface area (Å²) in [6.07, 6.45) is 2.30. The lowest BCUT2D eigenvalue weighted by Gasteiger charge is -2.17. The molecule has 1 aliphatic heterocycles. The molecule has 1 atom stereocenters. The van der Waals surface area contributed by atoms with Crippen LogP contribution >= 0.6 is 0 Å². The summed E-state index contributed by atoms with van der Waals surface area (Å²) >= 11 is 0. The second-order valence-electron chi connectivity index (χ2n) is 4.16. The smallest absolute Gasteiger partial charge is 0.312 e. The molecule has 1 aromatic heterocycles. The van der Waals surface area contributed by atoms with Gasteiger partial charge < -0.3 is 10.2 Å². The minimum Gasteiger partial charge on any atom is -0.349 e. The number of nitrogens with zero attached hydrogens (tertiary/aromatic N) is 4. The maximum Gasteiger partial charge on any atom is 0.312 e. The molecule has 7 heteroatoms. The highest BCUT2D eigenvalue weighted by molar-refractivity contribution is 5.60. The van der Waals surface area contributed by atoms with Crippen LogP contribution < -0.4 is 10.2 Å². The third-order valence-electron chi connectivity index (χ3n) is 3.07. The fraction of sp³-hybridized carbons (Fsp3) is 0.455. The zero-order valence-electron chi connectivity index (χ0n) is 9.96. The van der Waals surface area contributed by atoms with Gasteiger partial charge in [-0.15, -0.1) is 0 Å². The Labute approximate surface area is 104 Å². The molecule has 94 valence electrons. The van der Waals surface area contributed by atoms with Gasteiger partial charge in [0.1, 0.15) is 6.07 Å². The summed E-state index contributed by atoms with van der Waals surface area (Å²) in [5, 5.41) is 22.9. The van der Waals surface area contributed by atoms with Crippen LogP contribution in [0.3, 0.4) is 0 Å². The molecule has 7 nitrogen and oxygen atoms in total. The van der Waals surface area contributed by atoms with Gasteiger partial charge in [0.05, 0.1) is 10.5 Å². The Kier molecular flexibility index (Phi) is 3.39. The van der Waals surface area contributed by atoms with Gasteiger partial charge in [-0.2, -0.15) is 5.26 Å².